The van der Waals surface area contributed by atoms with E-state index in [0.29, 0.717) is 23.9 Å². The molecule has 0 aliphatic heterocycles. The molecule has 0 aliphatic carbocycles. The first-order chi connectivity index (χ1) is 9.28. The summed E-state index contributed by atoms with van der Waals surface area (Å²) in [6.45, 7) is 0.662. The van der Waals surface area contributed by atoms with Gasteiger partial charge in [-0.25, -0.2) is 15.0 Å². The monoisotopic (exact) mass is 312 g/mol. The van der Waals surface area contributed by atoms with Crippen molar-refractivity contribution in [1.29, 1.82) is 0 Å². The van der Waals surface area contributed by atoms with Crippen molar-refractivity contribution < 1.29 is 0 Å². The molecule has 0 unspecified atom stereocenters. The Hall–Kier alpha value is -1.17. The minimum absolute atomic E-state index is 0.523. The van der Waals surface area contributed by atoms with Crippen molar-refractivity contribution >= 4 is 45.7 Å². The SMILES string of the molecule is ClCCc1nc2cc(Cl)cnc2n1Cc1nccs1. The number of thiazole rings is 1. The summed E-state index contributed by atoms with van der Waals surface area (Å²) < 4.78 is 2.05. The minimum Gasteiger partial charge on any atom is -0.306 e. The topological polar surface area (TPSA) is 43.6 Å². The van der Waals surface area contributed by atoms with Crippen LogP contribution in [0.3, 0.4) is 0 Å². The molecule has 3 heterocycles. The summed E-state index contributed by atoms with van der Waals surface area (Å²) in [6, 6.07) is 1.82. The number of fused-ring (bicyclic) bond motifs is 1. The molecule has 19 heavy (non-hydrogen) atoms. The Kier molecular flexibility index (Phi) is 3.68. The van der Waals surface area contributed by atoms with E-state index in [1.54, 1.807) is 23.7 Å². The van der Waals surface area contributed by atoms with Crippen LogP contribution in [0.4, 0.5) is 0 Å². The molecule has 7 heteroatoms. The van der Waals surface area contributed by atoms with Crippen molar-refractivity contribution in [3.63, 3.8) is 0 Å². The first-order valence-electron chi connectivity index (χ1n) is 5.73. The number of imidazole rings is 1. The van der Waals surface area contributed by atoms with Gasteiger partial charge in [-0.15, -0.1) is 22.9 Å². The average molecular weight is 313 g/mol. The van der Waals surface area contributed by atoms with Crippen LogP contribution in [-0.4, -0.2) is 25.4 Å². The molecule has 0 atom stereocenters. The van der Waals surface area contributed by atoms with Gasteiger partial charge >= 0.3 is 0 Å². The van der Waals surface area contributed by atoms with E-state index in [1.807, 2.05) is 16.0 Å². The Morgan fingerprint density at radius 1 is 1.32 bits per heavy atom. The largest absolute Gasteiger partial charge is 0.306 e. The molecule has 0 aromatic carbocycles. The van der Waals surface area contributed by atoms with Crippen LogP contribution >= 0.6 is 34.5 Å². The van der Waals surface area contributed by atoms with Crippen LogP contribution in [0, 0.1) is 0 Å². The Bertz CT molecular complexity index is 693. The summed E-state index contributed by atoms with van der Waals surface area (Å²) >= 11 is 13.4. The summed E-state index contributed by atoms with van der Waals surface area (Å²) in [7, 11) is 0. The molecule has 3 rings (SSSR count). The second-order valence-electron chi connectivity index (χ2n) is 3.98. The van der Waals surface area contributed by atoms with E-state index >= 15 is 0 Å². The Morgan fingerprint density at radius 2 is 2.21 bits per heavy atom. The molecule has 3 aromatic rings. The van der Waals surface area contributed by atoms with E-state index in [4.69, 9.17) is 23.2 Å². The molecule has 0 saturated heterocycles. The highest BCUT2D eigenvalue weighted by molar-refractivity contribution is 7.09. The first-order valence-corrected chi connectivity index (χ1v) is 7.52. The van der Waals surface area contributed by atoms with Crippen molar-refractivity contribution in [3.8, 4) is 0 Å². The van der Waals surface area contributed by atoms with E-state index in [9.17, 15) is 0 Å². The second-order valence-corrected chi connectivity index (χ2v) is 5.77. The maximum atomic E-state index is 5.95. The van der Waals surface area contributed by atoms with Gasteiger partial charge in [0.15, 0.2) is 5.65 Å². The standard InChI is InChI=1S/C12H10Cl2N4S/c13-2-1-10-17-9-5-8(14)6-16-12(9)18(10)7-11-15-3-4-19-11/h3-6H,1-2,7H2. The highest BCUT2D eigenvalue weighted by Gasteiger charge is 2.13. The molecule has 98 valence electrons. The fraction of sp³-hybridized carbons (Fsp3) is 0.250. The molecule has 0 radical (unpaired) electrons. The summed E-state index contributed by atoms with van der Waals surface area (Å²) in [5.41, 5.74) is 1.61. The second kappa shape index (κ2) is 5.45. The number of halogens is 2. The molecule has 0 aliphatic rings. The lowest BCUT2D eigenvalue weighted by molar-refractivity contribution is 0.743. The predicted octanol–water partition coefficient (Wildman–Crippen LogP) is 3.37. The van der Waals surface area contributed by atoms with Gasteiger partial charge in [0.05, 0.1) is 11.6 Å². The zero-order valence-electron chi connectivity index (χ0n) is 9.88. The van der Waals surface area contributed by atoms with Crippen molar-refractivity contribution in [2.45, 2.75) is 13.0 Å². The van der Waals surface area contributed by atoms with Gasteiger partial charge in [0.2, 0.25) is 0 Å². The first kappa shape index (κ1) is 12.8. The zero-order valence-corrected chi connectivity index (χ0v) is 12.2. The molecular formula is C12H10Cl2N4S. The lowest BCUT2D eigenvalue weighted by atomic mass is 10.4. The number of hydrogen-bond donors (Lipinski definition) is 0. The van der Waals surface area contributed by atoms with Gasteiger partial charge in [0, 0.05) is 30.1 Å². The van der Waals surface area contributed by atoms with Crippen LogP contribution in [-0.2, 0) is 13.0 Å². The van der Waals surface area contributed by atoms with Crippen LogP contribution in [0.15, 0.2) is 23.8 Å². The highest BCUT2D eigenvalue weighted by atomic mass is 35.5. The molecule has 0 fully saturated rings. The van der Waals surface area contributed by atoms with Gasteiger partial charge in [-0.3, -0.25) is 0 Å². The van der Waals surface area contributed by atoms with Crippen LogP contribution in [0.25, 0.3) is 11.2 Å². The van der Waals surface area contributed by atoms with Crippen LogP contribution < -0.4 is 0 Å². The van der Waals surface area contributed by atoms with Gasteiger partial charge in [0.25, 0.3) is 0 Å². The van der Waals surface area contributed by atoms with Gasteiger partial charge in [-0.2, -0.15) is 0 Å². The summed E-state index contributed by atoms with van der Waals surface area (Å²) in [5, 5.41) is 3.57. The number of alkyl halides is 1. The average Bonchev–Trinajstić information content (AvgIpc) is 2.99. The normalized spacial score (nSPS) is 11.3. The van der Waals surface area contributed by atoms with Crippen molar-refractivity contribution in [2.24, 2.45) is 0 Å². The predicted molar refractivity (Wildman–Crippen MR) is 78.2 cm³/mol. The van der Waals surface area contributed by atoms with Gasteiger partial charge < -0.3 is 4.57 Å². The van der Waals surface area contributed by atoms with E-state index in [1.165, 1.54) is 0 Å². The Labute approximate surface area is 124 Å². The summed E-state index contributed by atoms with van der Waals surface area (Å²) in [5.74, 6) is 1.43. The number of hydrogen-bond acceptors (Lipinski definition) is 4. The molecule has 0 bridgehead atoms. The van der Waals surface area contributed by atoms with Crippen molar-refractivity contribution in [2.75, 3.05) is 5.88 Å². The van der Waals surface area contributed by atoms with Crippen molar-refractivity contribution in [1.82, 2.24) is 19.5 Å². The Morgan fingerprint density at radius 3 is 2.95 bits per heavy atom. The van der Waals surface area contributed by atoms with E-state index in [0.717, 1.165) is 22.0 Å². The maximum Gasteiger partial charge on any atom is 0.160 e. The lowest BCUT2D eigenvalue weighted by Gasteiger charge is -2.05. The summed E-state index contributed by atoms with van der Waals surface area (Å²) in [6.07, 6.45) is 4.12. The van der Waals surface area contributed by atoms with Crippen LogP contribution in [0.2, 0.25) is 5.02 Å². The van der Waals surface area contributed by atoms with Gasteiger partial charge in [-0.05, 0) is 6.07 Å². The molecule has 0 N–H and O–H groups in total. The molecule has 0 amide bonds. The van der Waals surface area contributed by atoms with E-state index in [2.05, 4.69) is 15.0 Å². The zero-order chi connectivity index (χ0) is 13.2. The number of aromatic nitrogens is 4. The molecule has 4 nitrogen and oxygen atoms in total. The number of rotatable bonds is 4. The third kappa shape index (κ3) is 2.59. The molecule has 0 saturated carbocycles. The minimum atomic E-state index is 0.523. The number of nitrogens with zero attached hydrogens (tertiary/aromatic N) is 4. The number of aryl methyl sites for hydroxylation is 1. The van der Waals surface area contributed by atoms with Gasteiger partial charge in [-0.1, -0.05) is 11.6 Å². The molecule has 3 aromatic heterocycles. The number of pyridine rings is 1. The third-order valence-corrected chi connectivity index (χ3v) is 3.89. The highest BCUT2D eigenvalue weighted by Crippen LogP contribution is 2.20. The molecular weight excluding hydrogens is 303 g/mol. The van der Waals surface area contributed by atoms with Gasteiger partial charge in [0.1, 0.15) is 16.3 Å². The third-order valence-electron chi connectivity index (χ3n) is 2.73. The van der Waals surface area contributed by atoms with Crippen molar-refractivity contribution in [3.05, 3.63) is 39.7 Å². The van der Waals surface area contributed by atoms with E-state index in [-0.39, 0.29) is 0 Å². The smallest absolute Gasteiger partial charge is 0.160 e. The fourth-order valence-corrected chi connectivity index (χ4v) is 2.87. The Balaban J connectivity index is 2.10. The quantitative estimate of drug-likeness (QED) is 0.694. The summed E-state index contributed by atoms with van der Waals surface area (Å²) in [4.78, 5) is 13.2. The maximum absolute atomic E-state index is 5.95. The fourth-order valence-electron chi connectivity index (χ4n) is 1.94. The lowest BCUT2D eigenvalue weighted by Crippen LogP contribution is -2.06. The van der Waals surface area contributed by atoms with E-state index < -0.39 is 0 Å². The van der Waals surface area contributed by atoms with Crippen LogP contribution in [0.1, 0.15) is 10.8 Å². The molecule has 0 spiro atoms. The van der Waals surface area contributed by atoms with Crippen LogP contribution in [0.5, 0.6) is 0 Å².